The molecule has 0 amide bonds. The quantitative estimate of drug-likeness (QED) is 0.175. The Bertz CT molecular complexity index is 1370. The highest BCUT2D eigenvalue weighted by atomic mass is 79.9. The van der Waals surface area contributed by atoms with Gasteiger partial charge in [0.05, 0.1) is 13.1 Å². The van der Waals surface area contributed by atoms with Crippen LogP contribution < -0.4 is 4.74 Å². The molecular formula is C31H29BrN4O. The molecule has 0 radical (unpaired) electrons. The van der Waals surface area contributed by atoms with E-state index in [4.69, 9.17) is 4.74 Å². The van der Waals surface area contributed by atoms with Crippen molar-refractivity contribution in [2.24, 2.45) is 0 Å². The lowest BCUT2D eigenvalue weighted by Gasteiger charge is -2.22. The Kier molecular flexibility index (Phi) is 8.41. The van der Waals surface area contributed by atoms with Crippen molar-refractivity contribution in [3.05, 3.63) is 143 Å². The van der Waals surface area contributed by atoms with Gasteiger partial charge in [0.15, 0.2) is 0 Å². The molecule has 5 rings (SSSR count). The molecule has 37 heavy (non-hydrogen) atoms. The average Bonchev–Trinajstić information content (AvgIpc) is 3.36. The molecule has 5 aromatic rings. The fourth-order valence-corrected chi connectivity index (χ4v) is 4.48. The molecule has 0 aliphatic rings. The van der Waals surface area contributed by atoms with Gasteiger partial charge in [-0.15, -0.1) is 10.2 Å². The van der Waals surface area contributed by atoms with Crippen molar-refractivity contribution in [1.82, 2.24) is 19.7 Å². The maximum Gasteiger partial charge on any atom is 0.147 e. The van der Waals surface area contributed by atoms with Gasteiger partial charge in [0.1, 0.15) is 23.7 Å². The van der Waals surface area contributed by atoms with Gasteiger partial charge < -0.3 is 9.30 Å². The van der Waals surface area contributed by atoms with Crippen LogP contribution in [0.5, 0.6) is 11.5 Å². The van der Waals surface area contributed by atoms with E-state index in [9.17, 15) is 0 Å². The molecule has 6 heteroatoms. The van der Waals surface area contributed by atoms with Crippen LogP contribution in [-0.4, -0.2) is 26.2 Å². The highest BCUT2D eigenvalue weighted by Crippen LogP contribution is 2.22. The normalized spacial score (nSPS) is 11.1. The Labute approximate surface area is 226 Å². The number of rotatable bonds is 11. The number of ether oxygens (including phenoxy) is 1. The van der Waals surface area contributed by atoms with Crippen LogP contribution in [0.1, 0.15) is 22.5 Å². The summed E-state index contributed by atoms with van der Waals surface area (Å²) in [4.78, 5) is 2.43. The first kappa shape index (κ1) is 24.9. The first-order chi connectivity index (χ1) is 18.2. The van der Waals surface area contributed by atoms with Crippen molar-refractivity contribution in [2.45, 2.75) is 26.1 Å². The predicted molar refractivity (Wildman–Crippen MR) is 150 cm³/mol. The average molecular weight is 554 g/mol. The molecular weight excluding hydrogens is 524 g/mol. The minimum atomic E-state index is 0.714. The molecule has 4 aromatic carbocycles. The molecule has 1 heterocycles. The summed E-state index contributed by atoms with van der Waals surface area (Å²) in [5.74, 6) is 2.63. The van der Waals surface area contributed by atoms with Gasteiger partial charge in [-0.3, -0.25) is 4.90 Å². The molecule has 186 valence electrons. The summed E-state index contributed by atoms with van der Waals surface area (Å²) in [5.41, 5.74) is 3.77. The van der Waals surface area contributed by atoms with Gasteiger partial charge in [-0.1, -0.05) is 88.7 Å². The topological polar surface area (TPSA) is 43.2 Å². The SMILES string of the molecule is Brc1ccc(CCN(Cc2ccc(Oc3ccccc3)cc2)Cc2nncn2Cc2ccccc2)cc1. The van der Waals surface area contributed by atoms with Gasteiger partial charge in [0, 0.05) is 17.6 Å². The first-order valence-electron chi connectivity index (χ1n) is 12.4. The number of hydrogen-bond donors (Lipinski definition) is 0. The molecule has 0 aliphatic carbocycles. The van der Waals surface area contributed by atoms with Crippen molar-refractivity contribution in [1.29, 1.82) is 0 Å². The number of nitrogens with zero attached hydrogens (tertiary/aromatic N) is 4. The summed E-state index contributed by atoms with van der Waals surface area (Å²) in [6, 6.07) is 37.2. The number of hydrogen-bond acceptors (Lipinski definition) is 4. The molecule has 0 unspecified atom stereocenters. The van der Waals surface area contributed by atoms with Crippen LogP contribution in [0.2, 0.25) is 0 Å². The highest BCUT2D eigenvalue weighted by Gasteiger charge is 2.13. The van der Waals surface area contributed by atoms with Gasteiger partial charge >= 0.3 is 0 Å². The Balaban J connectivity index is 1.29. The molecule has 0 fully saturated rings. The lowest BCUT2D eigenvalue weighted by Crippen LogP contribution is -2.27. The van der Waals surface area contributed by atoms with Crippen LogP contribution in [0.3, 0.4) is 0 Å². The zero-order chi connectivity index (χ0) is 25.3. The van der Waals surface area contributed by atoms with Crippen molar-refractivity contribution in [3.8, 4) is 11.5 Å². The van der Waals surface area contributed by atoms with Crippen LogP contribution in [-0.2, 0) is 26.1 Å². The zero-order valence-corrected chi connectivity index (χ0v) is 22.2. The van der Waals surface area contributed by atoms with Crippen LogP contribution in [0.25, 0.3) is 0 Å². The fraction of sp³-hybridized carbons (Fsp3) is 0.161. The van der Waals surface area contributed by atoms with E-state index in [2.05, 4.69) is 96.3 Å². The first-order valence-corrected chi connectivity index (χ1v) is 13.2. The summed E-state index contributed by atoms with van der Waals surface area (Å²) >= 11 is 3.53. The molecule has 0 saturated heterocycles. The van der Waals surface area contributed by atoms with E-state index in [1.165, 1.54) is 16.7 Å². The minimum Gasteiger partial charge on any atom is -0.457 e. The Morgan fingerprint density at radius 1 is 0.676 bits per heavy atom. The molecule has 0 saturated carbocycles. The van der Waals surface area contributed by atoms with E-state index in [0.29, 0.717) is 6.54 Å². The van der Waals surface area contributed by atoms with Crippen molar-refractivity contribution in [3.63, 3.8) is 0 Å². The molecule has 0 atom stereocenters. The highest BCUT2D eigenvalue weighted by molar-refractivity contribution is 9.10. The van der Waals surface area contributed by atoms with E-state index in [0.717, 1.165) is 47.9 Å². The summed E-state index contributed by atoms with van der Waals surface area (Å²) in [7, 11) is 0. The molecule has 0 aliphatic heterocycles. The molecule has 1 aromatic heterocycles. The monoisotopic (exact) mass is 552 g/mol. The van der Waals surface area contributed by atoms with E-state index in [1.54, 1.807) is 0 Å². The molecule has 5 nitrogen and oxygen atoms in total. The molecule has 0 bridgehead atoms. The number of halogens is 1. The fourth-order valence-electron chi connectivity index (χ4n) is 4.21. The van der Waals surface area contributed by atoms with Crippen molar-refractivity contribution in [2.75, 3.05) is 6.54 Å². The van der Waals surface area contributed by atoms with E-state index < -0.39 is 0 Å². The zero-order valence-electron chi connectivity index (χ0n) is 20.6. The number of para-hydroxylation sites is 1. The number of benzene rings is 4. The third-order valence-electron chi connectivity index (χ3n) is 6.19. The Morgan fingerprint density at radius 2 is 1.32 bits per heavy atom. The van der Waals surface area contributed by atoms with Gasteiger partial charge in [0.2, 0.25) is 0 Å². The summed E-state index contributed by atoms with van der Waals surface area (Å²) in [5, 5.41) is 8.69. The predicted octanol–water partition coefficient (Wildman–Crippen LogP) is 7.13. The third-order valence-corrected chi connectivity index (χ3v) is 6.72. The standard InChI is InChI=1S/C31H29BrN4O/c32-28-15-11-25(12-16-28)19-20-35(23-31-34-33-24-36(31)22-26-7-3-1-4-8-26)21-27-13-17-30(18-14-27)37-29-9-5-2-6-10-29/h1-18,24H,19-23H2. The van der Waals surface area contributed by atoms with E-state index in [-0.39, 0.29) is 0 Å². The molecule has 0 N–H and O–H groups in total. The number of aromatic nitrogens is 3. The van der Waals surface area contributed by atoms with Crippen LogP contribution in [0.4, 0.5) is 0 Å². The third kappa shape index (κ3) is 7.38. The Hall–Kier alpha value is -3.74. The van der Waals surface area contributed by atoms with E-state index >= 15 is 0 Å². The van der Waals surface area contributed by atoms with Gasteiger partial charge in [-0.05, 0) is 59.5 Å². The largest absolute Gasteiger partial charge is 0.457 e. The summed E-state index contributed by atoms with van der Waals surface area (Å²) in [6.07, 6.45) is 2.78. The van der Waals surface area contributed by atoms with Crippen molar-refractivity contribution < 1.29 is 4.74 Å². The molecule has 0 spiro atoms. The van der Waals surface area contributed by atoms with Crippen molar-refractivity contribution >= 4 is 15.9 Å². The second kappa shape index (κ2) is 12.5. The smallest absolute Gasteiger partial charge is 0.147 e. The van der Waals surface area contributed by atoms with Crippen LogP contribution >= 0.6 is 15.9 Å². The summed E-state index contributed by atoms with van der Waals surface area (Å²) in [6.45, 7) is 3.18. The second-order valence-electron chi connectivity index (χ2n) is 9.01. The maximum absolute atomic E-state index is 5.97. The second-order valence-corrected chi connectivity index (χ2v) is 9.92. The lowest BCUT2D eigenvalue weighted by atomic mass is 10.1. The maximum atomic E-state index is 5.97. The van der Waals surface area contributed by atoms with Crippen LogP contribution in [0.15, 0.2) is 120 Å². The lowest BCUT2D eigenvalue weighted by molar-refractivity contribution is 0.250. The van der Waals surface area contributed by atoms with Gasteiger partial charge in [-0.25, -0.2) is 0 Å². The Morgan fingerprint density at radius 3 is 2.05 bits per heavy atom. The van der Waals surface area contributed by atoms with Gasteiger partial charge in [-0.2, -0.15) is 0 Å². The van der Waals surface area contributed by atoms with Gasteiger partial charge in [0.25, 0.3) is 0 Å². The summed E-state index contributed by atoms with van der Waals surface area (Å²) < 4.78 is 9.21. The minimum absolute atomic E-state index is 0.714. The van der Waals surface area contributed by atoms with Crippen LogP contribution in [0, 0.1) is 0 Å². The van der Waals surface area contributed by atoms with E-state index in [1.807, 2.05) is 54.9 Å².